The van der Waals surface area contributed by atoms with E-state index in [0.717, 1.165) is 28.7 Å². The van der Waals surface area contributed by atoms with Gasteiger partial charge in [0.1, 0.15) is 17.4 Å². The van der Waals surface area contributed by atoms with Gasteiger partial charge in [0.05, 0.1) is 0 Å². The van der Waals surface area contributed by atoms with Crippen LogP contribution in [-0.4, -0.2) is 14.6 Å². The van der Waals surface area contributed by atoms with E-state index in [1.165, 1.54) is 0 Å². The molecule has 1 rings (SSSR count). The van der Waals surface area contributed by atoms with Crippen LogP contribution in [0.2, 0.25) is 16.6 Å². The fourth-order valence-corrected chi connectivity index (χ4v) is 9.38. The van der Waals surface area contributed by atoms with Crippen LogP contribution in [0.25, 0.3) is 0 Å². The van der Waals surface area contributed by atoms with Gasteiger partial charge in [0.15, 0.2) is 0 Å². The summed E-state index contributed by atoms with van der Waals surface area (Å²) < 4.78 is 6.77. The van der Waals surface area contributed by atoms with Crippen LogP contribution in [-0.2, 0) is 4.79 Å². The fourth-order valence-electron chi connectivity index (χ4n) is 3.84. The van der Waals surface area contributed by atoms with E-state index in [1.54, 1.807) is 0 Å². The predicted octanol–water partition coefficient (Wildman–Crippen LogP) is 6.34. The van der Waals surface area contributed by atoms with E-state index in [2.05, 4.69) is 47.6 Å². The molecule has 1 atom stereocenters. The molecule has 2 nitrogen and oxygen atoms in total. The number of aldehydes is 1. The lowest BCUT2D eigenvalue weighted by molar-refractivity contribution is -0.107. The third-order valence-corrected chi connectivity index (χ3v) is 11.3. The van der Waals surface area contributed by atoms with E-state index in [9.17, 15) is 4.79 Å². The van der Waals surface area contributed by atoms with E-state index >= 15 is 0 Å². The van der Waals surface area contributed by atoms with Crippen LogP contribution in [0.5, 0.6) is 5.75 Å². The number of benzene rings is 1. The lowest BCUT2D eigenvalue weighted by Gasteiger charge is -2.42. The van der Waals surface area contributed by atoms with Crippen molar-refractivity contribution >= 4 is 26.2 Å². The lowest BCUT2D eigenvalue weighted by atomic mass is 10.0. The summed E-state index contributed by atoms with van der Waals surface area (Å²) in [6.07, 6.45) is 0.777. The number of hydrogen-bond donors (Lipinski definition) is 0. The van der Waals surface area contributed by atoms with Crippen LogP contribution in [0, 0.1) is 13.8 Å². The molecule has 0 bridgehead atoms. The Hall–Kier alpha value is -0.803. The van der Waals surface area contributed by atoms with Gasteiger partial charge in [0.25, 0.3) is 8.32 Å². The van der Waals surface area contributed by atoms with Gasteiger partial charge in [-0.05, 0) is 53.2 Å². The number of aryl methyl sites for hydroxylation is 2. The molecule has 0 amide bonds. The molecule has 130 valence electrons. The van der Waals surface area contributed by atoms with Gasteiger partial charge < -0.3 is 9.22 Å². The van der Waals surface area contributed by atoms with E-state index in [1.807, 2.05) is 19.9 Å². The van der Waals surface area contributed by atoms with Crippen molar-refractivity contribution in [3.8, 4) is 5.75 Å². The van der Waals surface area contributed by atoms with Crippen LogP contribution in [0.15, 0.2) is 12.1 Å². The van der Waals surface area contributed by atoms with Gasteiger partial charge in [-0.3, -0.25) is 0 Å². The molecule has 0 radical (unpaired) electrons. The number of carbonyl (C=O) groups excluding carboxylic acids is 1. The first kappa shape index (κ1) is 20.2. The smallest absolute Gasteiger partial charge is 0.258 e. The van der Waals surface area contributed by atoms with Gasteiger partial charge >= 0.3 is 0 Å². The zero-order chi connectivity index (χ0) is 17.9. The highest BCUT2D eigenvalue weighted by Gasteiger charge is 2.47. The predicted molar refractivity (Wildman–Crippen MR) is 102 cm³/mol. The van der Waals surface area contributed by atoms with E-state index < -0.39 is 13.7 Å². The molecule has 1 aromatic carbocycles. The van der Waals surface area contributed by atoms with Crippen molar-refractivity contribution in [2.24, 2.45) is 0 Å². The lowest BCUT2D eigenvalue weighted by Crippen LogP contribution is -2.50. The van der Waals surface area contributed by atoms with E-state index in [-0.39, 0.29) is 0 Å². The molecule has 1 unspecified atom stereocenters. The summed E-state index contributed by atoms with van der Waals surface area (Å²) in [4.78, 5) is 11.0. The van der Waals surface area contributed by atoms with Gasteiger partial charge in [0.2, 0.25) is 0 Å². The van der Waals surface area contributed by atoms with Crippen LogP contribution >= 0.6 is 11.6 Å². The van der Waals surface area contributed by atoms with Crippen molar-refractivity contribution in [1.82, 2.24) is 0 Å². The standard InChI is InChI=1S/C19H31ClO2Si/c1-12(2)23(13(3)4,14(5)6)22-19-10-15(7)17(9-16(19)8)18(20)11-21/h9-14,18H,1-8H3. The molecule has 0 heterocycles. The van der Waals surface area contributed by atoms with Crippen molar-refractivity contribution < 1.29 is 9.22 Å². The molecule has 0 aliphatic carbocycles. The van der Waals surface area contributed by atoms with Crippen LogP contribution in [0.1, 0.15) is 63.6 Å². The van der Waals surface area contributed by atoms with Crippen molar-refractivity contribution in [1.29, 1.82) is 0 Å². The minimum Gasteiger partial charge on any atom is -0.543 e. The first-order valence-corrected chi connectivity index (χ1v) is 11.0. The molecular weight excluding hydrogens is 324 g/mol. The highest BCUT2D eigenvalue weighted by molar-refractivity contribution is 6.78. The number of rotatable bonds is 7. The summed E-state index contributed by atoms with van der Waals surface area (Å²) in [5.41, 5.74) is 4.51. The first-order valence-electron chi connectivity index (χ1n) is 8.47. The van der Waals surface area contributed by atoms with E-state index in [4.69, 9.17) is 16.0 Å². The maximum atomic E-state index is 11.0. The Morgan fingerprint density at radius 3 is 1.83 bits per heavy atom. The Kier molecular flexibility index (Phi) is 6.91. The van der Waals surface area contributed by atoms with Crippen molar-refractivity contribution in [2.75, 3.05) is 0 Å². The second-order valence-corrected chi connectivity index (χ2v) is 13.3. The van der Waals surface area contributed by atoms with Crippen LogP contribution in [0.4, 0.5) is 0 Å². The van der Waals surface area contributed by atoms with Crippen molar-refractivity contribution in [2.45, 2.75) is 77.4 Å². The zero-order valence-corrected chi connectivity index (χ0v) is 17.5. The largest absolute Gasteiger partial charge is 0.543 e. The number of carbonyl (C=O) groups is 1. The Balaban J connectivity index is 3.36. The van der Waals surface area contributed by atoms with Crippen molar-refractivity contribution in [3.05, 3.63) is 28.8 Å². The molecule has 0 aromatic heterocycles. The SMILES string of the molecule is Cc1cc(C(Cl)C=O)c(C)cc1O[Si](C(C)C)(C(C)C)C(C)C. The Morgan fingerprint density at radius 1 is 0.957 bits per heavy atom. The number of halogens is 1. The molecule has 1 aromatic rings. The number of hydrogen-bond acceptors (Lipinski definition) is 2. The quantitative estimate of drug-likeness (QED) is 0.324. The molecule has 23 heavy (non-hydrogen) atoms. The first-order chi connectivity index (χ1) is 10.6. The molecule has 0 fully saturated rings. The molecule has 0 saturated carbocycles. The fraction of sp³-hybridized carbons (Fsp3) is 0.632. The van der Waals surface area contributed by atoms with E-state index in [0.29, 0.717) is 16.6 Å². The minimum absolute atomic E-state index is 0.526. The van der Waals surface area contributed by atoms with Gasteiger partial charge in [-0.2, -0.15) is 0 Å². The normalized spacial score (nSPS) is 13.7. The summed E-state index contributed by atoms with van der Waals surface area (Å²) in [6, 6.07) is 4.05. The maximum Gasteiger partial charge on any atom is 0.258 e. The average molecular weight is 355 g/mol. The van der Waals surface area contributed by atoms with Gasteiger partial charge in [-0.15, -0.1) is 11.6 Å². The molecule has 0 aliphatic rings. The molecule has 4 heteroatoms. The Morgan fingerprint density at radius 2 is 1.43 bits per heavy atom. The van der Waals surface area contributed by atoms with Crippen molar-refractivity contribution in [3.63, 3.8) is 0 Å². The highest BCUT2D eigenvalue weighted by atomic mass is 35.5. The second-order valence-electron chi connectivity index (χ2n) is 7.43. The average Bonchev–Trinajstić information content (AvgIpc) is 2.45. The van der Waals surface area contributed by atoms with Crippen LogP contribution < -0.4 is 4.43 Å². The molecule has 0 N–H and O–H groups in total. The topological polar surface area (TPSA) is 26.3 Å². The summed E-state index contributed by atoms with van der Waals surface area (Å²) >= 11 is 6.10. The molecule has 0 saturated heterocycles. The maximum absolute atomic E-state index is 11.0. The summed E-state index contributed by atoms with van der Waals surface area (Å²) in [7, 11) is -1.98. The summed E-state index contributed by atoms with van der Waals surface area (Å²) in [5, 5.41) is -0.593. The molecule has 0 aliphatic heterocycles. The summed E-state index contributed by atoms with van der Waals surface area (Å²) in [5.74, 6) is 0.948. The third-order valence-electron chi connectivity index (χ3n) is 4.97. The Labute approximate surface area is 147 Å². The van der Waals surface area contributed by atoms with Crippen LogP contribution in [0.3, 0.4) is 0 Å². The highest BCUT2D eigenvalue weighted by Crippen LogP contribution is 2.44. The number of alkyl halides is 1. The zero-order valence-electron chi connectivity index (χ0n) is 15.7. The molecular formula is C19H31ClO2Si. The van der Waals surface area contributed by atoms with Gasteiger partial charge in [-0.25, -0.2) is 0 Å². The Bertz CT molecular complexity index is 531. The monoisotopic (exact) mass is 354 g/mol. The van der Waals surface area contributed by atoms with Gasteiger partial charge in [-0.1, -0.05) is 47.6 Å². The van der Waals surface area contributed by atoms with Gasteiger partial charge in [0, 0.05) is 0 Å². The minimum atomic E-state index is -1.98. The third kappa shape index (κ3) is 4.00. The molecule has 0 spiro atoms. The summed E-state index contributed by atoms with van der Waals surface area (Å²) in [6.45, 7) is 17.7. The second kappa shape index (κ2) is 7.85.